The van der Waals surface area contributed by atoms with Crippen molar-refractivity contribution in [2.45, 2.75) is 25.8 Å². The Balaban J connectivity index is 1.94. The fourth-order valence-electron chi connectivity index (χ4n) is 2.80. The Bertz CT molecular complexity index is 534. The van der Waals surface area contributed by atoms with Crippen molar-refractivity contribution < 1.29 is 0 Å². The van der Waals surface area contributed by atoms with Gasteiger partial charge in [-0.25, -0.2) is 0 Å². The topological polar surface area (TPSA) is 24.9 Å². The lowest BCUT2D eigenvalue weighted by atomic mass is 10.0. The minimum atomic E-state index is 0.552. The van der Waals surface area contributed by atoms with Crippen molar-refractivity contribution in [3.63, 3.8) is 0 Å². The van der Waals surface area contributed by atoms with E-state index in [0.29, 0.717) is 6.04 Å². The normalized spacial score (nSPS) is 17.7. The van der Waals surface area contributed by atoms with Crippen LogP contribution in [0.15, 0.2) is 42.7 Å². The second kappa shape index (κ2) is 4.91. The van der Waals surface area contributed by atoms with Gasteiger partial charge in [-0.15, -0.1) is 0 Å². The van der Waals surface area contributed by atoms with E-state index in [9.17, 15) is 0 Å². The molecule has 1 aliphatic rings. The summed E-state index contributed by atoms with van der Waals surface area (Å²) in [6, 6.07) is 11.5. The molecule has 0 fully saturated rings. The van der Waals surface area contributed by atoms with Crippen LogP contribution in [0.5, 0.6) is 0 Å². The molecule has 1 atom stereocenters. The van der Waals surface area contributed by atoms with Crippen LogP contribution in [0.1, 0.15) is 30.5 Å². The Kier molecular flexibility index (Phi) is 3.11. The van der Waals surface area contributed by atoms with E-state index in [1.54, 1.807) is 0 Å². The van der Waals surface area contributed by atoms with Gasteiger partial charge in [0.15, 0.2) is 0 Å². The van der Waals surface area contributed by atoms with Gasteiger partial charge in [0, 0.05) is 18.4 Å². The molecule has 18 heavy (non-hydrogen) atoms. The minimum absolute atomic E-state index is 0.552. The SMILES string of the molecule is CCNC1CCc2cc(-c3ccncc3)ccc21. The maximum absolute atomic E-state index is 4.07. The molecule has 0 saturated carbocycles. The molecule has 1 unspecified atom stereocenters. The fourth-order valence-corrected chi connectivity index (χ4v) is 2.80. The lowest BCUT2D eigenvalue weighted by Gasteiger charge is -2.12. The zero-order chi connectivity index (χ0) is 12.4. The van der Waals surface area contributed by atoms with Gasteiger partial charge in [0.05, 0.1) is 0 Å². The molecule has 0 saturated heterocycles. The quantitative estimate of drug-likeness (QED) is 0.887. The number of hydrogen-bond acceptors (Lipinski definition) is 2. The van der Waals surface area contributed by atoms with Gasteiger partial charge in [-0.3, -0.25) is 4.98 Å². The molecule has 1 heterocycles. The zero-order valence-electron chi connectivity index (χ0n) is 10.7. The van der Waals surface area contributed by atoms with Crippen LogP contribution in [-0.2, 0) is 6.42 Å². The number of nitrogens with zero attached hydrogens (tertiary/aromatic N) is 1. The fraction of sp³-hybridized carbons (Fsp3) is 0.312. The Morgan fingerprint density at radius 2 is 2.00 bits per heavy atom. The zero-order valence-corrected chi connectivity index (χ0v) is 10.7. The van der Waals surface area contributed by atoms with E-state index in [1.165, 1.54) is 35.1 Å². The van der Waals surface area contributed by atoms with Crippen LogP contribution in [0.4, 0.5) is 0 Å². The highest BCUT2D eigenvalue weighted by molar-refractivity contribution is 5.65. The van der Waals surface area contributed by atoms with Crippen LogP contribution in [-0.4, -0.2) is 11.5 Å². The van der Waals surface area contributed by atoms with Crippen molar-refractivity contribution in [2.24, 2.45) is 0 Å². The summed E-state index contributed by atoms with van der Waals surface area (Å²) in [6.07, 6.45) is 6.11. The molecule has 0 spiro atoms. The molecule has 92 valence electrons. The van der Waals surface area contributed by atoms with E-state index >= 15 is 0 Å². The van der Waals surface area contributed by atoms with Crippen molar-refractivity contribution >= 4 is 0 Å². The minimum Gasteiger partial charge on any atom is -0.310 e. The molecule has 0 radical (unpaired) electrons. The lowest BCUT2D eigenvalue weighted by molar-refractivity contribution is 0.549. The summed E-state index contributed by atoms with van der Waals surface area (Å²) < 4.78 is 0. The average molecular weight is 238 g/mol. The third-order valence-corrected chi connectivity index (χ3v) is 3.68. The monoisotopic (exact) mass is 238 g/mol. The Labute approximate surface area is 108 Å². The van der Waals surface area contributed by atoms with Gasteiger partial charge in [0.25, 0.3) is 0 Å². The summed E-state index contributed by atoms with van der Waals surface area (Å²) in [5, 5.41) is 3.55. The van der Waals surface area contributed by atoms with Crippen LogP contribution >= 0.6 is 0 Å². The van der Waals surface area contributed by atoms with E-state index in [0.717, 1.165) is 6.54 Å². The second-order valence-electron chi connectivity index (χ2n) is 4.80. The van der Waals surface area contributed by atoms with E-state index in [-0.39, 0.29) is 0 Å². The van der Waals surface area contributed by atoms with E-state index in [4.69, 9.17) is 0 Å². The number of benzene rings is 1. The smallest absolute Gasteiger partial charge is 0.0326 e. The molecule has 2 nitrogen and oxygen atoms in total. The molecule has 0 aliphatic heterocycles. The largest absolute Gasteiger partial charge is 0.310 e. The molecular formula is C16H18N2. The van der Waals surface area contributed by atoms with Crippen molar-refractivity contribution in [3.05, 3.63) is 53.9 Å². The van der Waals surface area contributed by atoms with Gasteiger partial charge in [0.2, 0.25) is 0 Å². The van der Waals surface area contributed by atoms with Crippen LogP contribution in [0.2, 0.25) is 0 Å². The lowest BCUT2D eigenvalue weighted by Crippen LogP contribution is -2.18. The summed E-state index contributed by atoms with van der Waals surface area (Å²) >= 11 is 0. The first-order valence-corrected chi connectivity index (χ1v) is 6.65. The number of hydrogen-bond donors (Lipinski definition) is 1. The third kappa shape index (κ3) is 2.04. The number of fused-ring (bicyclic) bond motifs is 1. The first-order valence-electron chi connectivity index (χ1n) is 6.65. The highest BCUT2D eigenvalue weighted by Crippen LogP contribution is 2.33. The van der Waals surface area contributed by atoms with Crippen LogP contribution in [0, 0.1) is 0 Å². The summed E-state index contributed by atoms with van der Waals surface area (Å²) in [4.78, 5) is 4.07. The molecule has 1 N–H and O–H groups in total. The van der Waals surface area contributed by atoms with Gasteiger partial charge in [-0.1, -0.05) is 25.1 Å². The predicted octanol–water partition coefficient (Wildman–Crippen LogP) is 3.35. The highest BCUT2D eigenvalue weighted by Gasteiger charge is 2.21. The molecular weight excluding hydrogens is 220 g/mol. The molecule has 1 aromatic heterocycles. The van der Waals surface area contributed by atoms with E-state index in [2.05, 4.69) is 47.6 Å². The molecule has 1 aliphatic carbocycles. The molecule has 2 heteroatoms. The van der Waals surface area contributed by atoms with Crippen molar-refractivity contribution in [1.82, 2.24) is 10.3 Å². The molecule has 2 aromatic rings. The first-order chi connectivity index (χ1) is 8.88. The number of nitrogens with one attached hydrogen (secondary N) is 1. The first kappa shape index (κ1) is 11.4. The van der Waals surface area contributed by atoms with Crippen molar-refractivity contribution in [2.75, 3.05) is 6.54 Å². The Morgan fingerprint density at radius 1 is 1.17 bits per heavy atom. The summed E-state index contributed by atoms with van der Waals surface area (Å²) in [6.45, 7) is 3.21. The number of pyridine rings is 1. The number of rotatable bonds is 3. The summed E-state index contributed by atoms with van der Waals surface area (Å²) in [5.41, 5.74) is 5.53. The van der Waals surface area contributed by atoms with Gasteiger partial charge in [-0.05, 0) is 53.8 Å². The standard InChI is InChI=1S/C16H18N2/c1-2-18-16-6-4-14-11-13(3-5-15(14)16)12-7-9-17-10-8-12/h3,5,7-11,16,18H,2,4,6H2,1H3. The van der Waals surface area contributed by atoms with Crippen LogP contribution < -0.4 is 5.32 Å². The van der Waals surface area contributed by atoms with Crippen LogP contribution in [0.3, 0.4) is 0 Å². The highest BCUT2D eigenvalue weighted by atomic mass is 14.9. The van der Waals surface area contributed by atoms with Gasteiger partial charge in [0.1, 0.15) is 0 Å². The van der Waals surface area contributed by atoms with Crippen molar-refractivity contribution in [3.8, 4) is 11.1 Å². The average Bonchev–Trinajstić information content (AvgIpc) is 2.83. The maximum Gasteiger partial charge on any atom is 0.0326 e. The predicted molar refractivity (Wildman–Crippen MR) is 74.4 cm³/mol. The second-order valence-corrected chi connectivity index (χ2v) is 4.80. The summed E-state index contributed by atoms with van der Waals surface area (Å²) in [7, 11) is 0. The summed E-state index contributed by atoms with van der Waals surface area (Å²) in [5.74, 6) is 0. The number of aromatic nitrogens is 1. The number of aryl methyl sites for hydroxylation is 1. The van der Waals surface area contributed by atoms with Gasteiger partial charge >= 0.3 is 0 Å². The van der Waals surface area contributed by atoms with Crippen molar-refractivity contribution in [1.29, 1.82) is 0 Å². The Hall–Kier alpha value is -1.67. The van der Waals surface area contributed by atoms with E-state index < -0.39 is 0 Å². The molecule has 0 amide bonds. The Morgan fingerprint density at radius 3 is 2.78 bits per heavy atom. The van der Waals surface area contributed by atoms with E-state index in [1.807, 2.05) is 12.4 Å². The third-order valence-electron chi connectivity index (χ3n) is 3.68. The van der Waals surface area contributed by atoms with Gasteiger partial charge < -0.3 is 5.32 Å². The van der Waals surface area contributed by atoms with Gasteiger partial charge in [-0.2, -0.15) is 0 Å². The molecule has 3 rings (SSSR count). The molecule has 1 aromatic carbocycles. The van der Waals surface area contributed by atoms with Crippen LogP contribution in [0.25, 0.3) is 11.1 Å². The maximum atomic E-state index is 4.07. The molecule has 0 bridgehead atoms.